The Labute approximate surface area is 122 Å². The molecule has 2 aromatic carbocycles. The third-order valence-electron chi connectivity index (χ3n) is 3.23. The van der Waals surface area contributed by atoms with E-state index in [2.05, 4.69) is 15.2 Å². The molecule has 3 rings (SSSR count). The second kappa shape index (κ2) is 5.66. The number of nitrogen functional groups attached to an aromatic ring is 1. The highest BCUT2D eigenvalue weighted by molar-refractivity contribution is 5.55. The number of aromatic nitrogens is 3. The van der Waals surface area contributed by atoms with Crippen molar-refractivity contribution in [3.8, 4) is 17.1 Å². The van der Waals surface area contributed by atoms with Crippen molar-refractivity contribution in [3.05, 3.63) is 59.9 Å². The molecule has 5 nitrogen and oxygen atoms in total. The predicted octanol–water partition coefficient (Wildman–Crippen LogP) is 2.65. The van der Waals surface area contributed by atoms with Gasteiger partial charge in [0.25, 0.3) is 0 Å². The van der Waals surface area contributed by atoms with Crippen LogP contribution >= 0.6 is 0 Å². The van der Waals surface area contributed by atoms with Crippen molar-refractivity contribution in [3.63, 3.8) is 0 Å². The third-order valence-corrected chi connectivity index (χ3v) is 3.23. The average Bonchev–Trinajstić information content (AvgIpc) is 2.98. The summed E-state index contributed by atoms with van der Waals surface area (Å²) in [5, 5.41) is 7.23. The number of aromatic amines is 1. The highest BCUT2D eigenvalue weighted by atomic mass is 16.5. The highest BCUT2D eigenvalue weighted by Gasteiger charge is 2.06. The first-order chi connectivity index (χ1) is 10.2. The molecule has 0 unspecified atom stereocenters. The van der Waals surface area contributed by atoms with Crippen LogP contribution in [-0.2, 0) is 6.42 Å². The molecule has 0 spiro atoms. The molecule has 0 bridgehead atoms. The second-order valence-electron chi connectivity index (χ2n) is 4.75. The Hall–Kier alpha value is -2.82. The molecule has 0 aliphatic heterocycles. The van der Waals surface area contributed by atoms with Gasteiger partial charge in [0.2, 0.25) is 0 Å². The molecule has 1 heterocycles. The number of hydrogen-bond donors (Lipinski definition) is 2. The van der Waals surface area contributed by atoms with Gasteiger partial charge in [-0.2, -0.15) is 5.10 Å². The molecule has 21 heavy (non-hydrogen) atoms. The Kier molecular flexibility index (Phi) is 3.55. The summed E-state index contributed by atoms with van der Waals surface area (Å²) in [6.45, 7) is 0. The van der Waals surface area contributed by atoms with Crippen molar-refractivity contribution in [1.29, 1.82) is 0 Å². The molecule has 3 aromatic rings. The molecule has 0 aliphatic carbocycles. The minimum absolute atomic E-state index is 0.683. The molecule has 1 aromatic heterocycles. The van der Waals surface area contributed by atoms with Gasteiger partial charge in [-0.05, 0) is 42.0 Å². The monoisotopic (exact) mass is 280 g/mol. The fraction of sp³-hybridized carbons (Fsp3) is 0.125. The quantitative estimate of drug-likeness (QED) is 0.720. The van der Waals surface area contributed by atoms with Crippen molar-refractivity contribution >= 4 is 5.69 Å². The van der Waals surface area contributed by atoms with E-state index in [1.807, 2.05) is 48.5 Å². The summed E-state index contributed by atoms with van der Waals surface area (Å²) in [6.07, 6.45) is 0.698. The fourth-order valence-electron chi connectivity index (χ4n) is 2.07. The molecule has 3 N–H and O–H groups in total. The SMILES string of the molecule is COc1ccc(-c2n[nH]c(Cc3ccc(N)cc3)n2)cc1. The Morgan fingerprint density at radius 2 is 1.76 bits per heavy atom. The number of anilines is 1. The van der Waals surface area contributed by atoms with Crippen LogP contribution in [0.5, 0.6) is 5.75 Å². The zero-order chi connectivity index (χ0) is 14.7. The van der Waals surface area contributed by atoms with Gasteiger partial charge in [0.05, 0.1) is 7.11 Å². The minimum atomic E-state index is 0.683. The fourth-order valence-corrected chi connectivity index (χ4v) is 2.07. The van der Waals surface area contributed by atoms with Crippen LogP contribution in [0, 0.1) is 0 Å². The normalized spacial score (nSPS) is 10.5. The van der Waals surface area contributed by atoms with E-state index in [0.717, 1.165) is 28.4 Å². The third kappa shape index (κ3) is 3.02. The van der Waals surface area contributed by atoms with Crippen molar-refractivity contribution < 1.29 is 4.74 Å². The molecule has 0 saturated heterocycles. The summed E-state index contributed by atoms with van der Waals surface area (Å²) in [5.74, 6) is 2.32. The average molecular weight is 280 g/mol. The van der Waals surface area contributed by atoms with E-state index >= 15 is 0 Å². The van der Waals surface area contributed by atoms with Crippen LogP contribution in [0.1, 0.15) is 11.4 Å². The van der Waals surface area contributed by atoms with Crippen LogP contribution in [0.3, 0.4) is 0 Å². The lowest BCUT2D eigenvalue weighted by atomic mass is 10.1. The second-order valence-corrected chi connectivity index (χ2v) is 4.75. The number of nitrogens with one attached hydrogen (secondary N) is 1. The Bertz CT molecular complexity index is 717. The number of nitrogens with two attached hydrogens (primary N) is 1. The van der Waals surface area contributed by atoms with Crippen LogP contribution in [0.2, 0.25) is 0 Å². The standard InChI is InChI=1S/C16H16N4O/c1-21-14-8-4-12(5-9-14)16-18-15(19-20-16)10-11-2-6-13(17)7-3-11/h2-9H,10,17H2,1H3,(H,18,19,20). The number of ether oxygens (including phenoxy) is 1. The van der Waals surface area contributed by atoms with Crippen LogP contribution in [0.15, 0.2) is 48.5 Å². The van der Waals surface area contributed by atoms with Gasteiger partial charge in [-0.25, -0.2) is 4.98 Å². The number of rotatable bonds is 4. The summed E-state index contributed by atoms with van der Waals surface area (Å²) in [5.41, 5.74) is 8.53. The predicted molar refractivity (Wildman–Crippen MR) is 82.0 cm³/mol. The maximum absolute atomic E-state index is 5.68. The van der Waals surface area contributed by atoms with Crippen LogP contribution in [-0.4, -0.2) is 22.3 Å². The number of H-pyrrole nitrogens is 1. The van der Waals surface area contributed by atoms with E-state index < -0.39 is 0 Å². The number of benzene rings is 2. The topological polar surface area (TPSA) is 76.8 Å². The van der Waals surface area contributed by atoms with Gasteiger partial charge in [0, 0.05) is 17.7 Å². The molecule has 0 fully saturated rings. The molecule has 5 heteroatoms. The zero-order valence-electron chi connectivity index (χ0n) is 11.7. The minimum Gasteiger partial charge on any atom is -0.497 e. The van der Waals surface area contributed by atoms with Gasteiger partial charge in [0.1, 0.15) is 11.6 Å². The molecule has 0 amide bonds. The highest BCUT2D eigenvalue weighted by Crippen LogP contribution is 2.19. The smallest absolute Gasteiger partial charge is 0.181 e. The van der Waals surface area contributed by atoms with E-state index in [1.54, 1.807) is 7.11 Å². The van der Waals surface area contributed by atoms with E-state index in [4.69, 9.17) is 10.5 Å². The largest absolute Gasteiger partial charge is 0.497 e. The summed E-state index contributed by atoms with van der Waals surface area (Å²) >= 11 is 0. The lowest BCUT2D eigenvalue weighted by Gasteiger charge is -2.00. The van der Waals surface area contributed by atoms with Crippen LogP contribution in [0.4, 0.5) is 5.69 Å². The zero-order valence-corrected chi connectivity index (χ0v) is 11.7. The first-order valence-electron chi connectivity index (χ1n) is 6.65. The van der Waals surface area contributed by atoms with E-state index in [0.29, 0.717) is 12.2 Å². The Morgan fingerprint density at radius 3 is 2.43 bits per heavy atom. The number of methoxy groups -OCH3 is 1. The van der Waals surface area contributed by atoms with Crippen LogP contribution in [0.25, 0.3) is 11.4 Å². The van der Waals surface area contributed by atoms with Gasteiger partial charge in [-0.3, -0.25) is 5.10 Å². The maximum Gasteiger partial charge on any atom is 0.181 e. The molecule has 0 saturated carbocycles. The summed E-state index contributed by atoms with van der Waals surface area (Å²) in [6, 6.07) is 15.4. The number of nitrogens with zero attached hydrogens (tertiary/aromatic N) is 2. The van der Waals surface area contributed by atoms with Gasteiger partial charge < -0.3 is 10.5 Å². The Balaban J connectivity index is 1.77. The van der Waals surface area contributed by atoms with Crippen molar-refractivity contribution in [2.75, 3.05) is 12.8 Å². The van der Waals surface area contributed by atoms with E-state index in [1.165, 1.54) is 0 Å². The first-order valence-corrected chi connectivity index (χ1v) is 6.65. The molecule has 0 atom stereocenters. The molecular weight excluding hydrogens is 264 g/mol. The van der Waals surface area contributed by atoms with Gasteiger partial charge in [0.15, 0.2) is 5.82 Å². The van der Waals surface area contributed by atoms with Gasteiger partial charge in [-0.1, -0.05) is 12.1 Å². The lowest BCUT2D eigenvalue weighted by Crippen LogP contribution is -1.92. The molecular formula is C16H16N4O. The van der Waals surface area contributed by atoms with Crippen LogP contribution < -0.4 is 10.5 Å². The molecule has 0 aliphatic rings. The van der Waals surface area contributed by atoms with Crippen molar-refractivity contribution in [2.45, 2.75) is 6.42 Å². The summed E-state index contributed by atoms with van der Waals surface area (Å²) in [7, 11) is 1.65. The van der Waals surface area contributed by atoms with E-state index in [-0.39, 0.29) is 0 Å². The van der Waals surface area contributed by atoms with Crippen molar-refractivity contribution in [1.82, 2.24) is 15.2 Å². The van der Waals surface area contributed by atoms with Gasteiger partial charge in [-0.15, -0.1) is 0 Å². The first kappa shape index (κ1) is 13.2. The Morgan fingerprint density at radius 1 is 1.05 bits per heavy atom. The molecule has 106 valence electrons. The summed E-state index contributed by atoms with van der Waals surface area (Å²) in [4.78, 5) is 4.51. The lowest BCUT2D eigenvalue weighted by molar-refractivity contribution is 0.415. The maximum atomic E-state index is 5.68. The molecule has 0 radical (unpaired) electrons. The van der Waals surface area contributed by atoms with Crippen molar-refractivity contribution in [2.24, 2.45) is 0 Å². The van der Waals surface area contributed by atoms with E-state index in [9.17, 15) is 0 Å². The number of hydrogen-bond acceptors (Lipinski definition) is 4. The summed E-state index contributed by atoms with van der Waals surface area (Å²) < 4.78 is 5.14. The van der Waals surface area contributed by atoms with Gasteiger partial charge >= 0.3 is 0 Å².